The number of pyridine rings is 1. The van der Waals surface area contributed by atoms with Crippen LogP contribution in [-0.2, 0) is 32.1 Å². The molecule has 0 aliphatic carbocycles. The molecule has 10 nitrogen and oxygen atoms in total. The number of carbonyl (C=O) groups excluding carboxylic acids is 1. The second-order valence-corrected chi connectivity index (χ2v) is 9.50. The van der Waals surface area contributed by atoms with Crippen molar-refractivity contribution in [3.8, 4) is 11.4 Å². The molecule has 1 unspecified atom stereocenters. The summed E-state index contributed by atoms with van der Waals surface area (Å²) in [4.78, 5) is 20.1. The van der Waals surface area contributed by atoms with Gasteiger partial charge in [-0.1, -0.05) is 10.3 Å². The number of hydrogen-bond donors (Lipinski definition) is 0. The molecule has 0 spiro atoms. The molecule has 0 radical (unpaired) electrons. The van der Waals surface area contributed by atoms with Crippen LogP contribution < -0.4 is 0 Å². The highest BCUT2D eigenvalue weighted by atomic mass is 35.5. The summed E-state index contributed by atoms with van der Waals surface area (Å²) in [6, 6.07) is 3.09. The number of aromatic nitrogens is 5. The summed E-state index contributed by atoms with van der Waals surface area (Å²) in [5, 5.41) is 3.24. The molecule has 4 rings (SSSR count). The monoisotopic (exact) mass is 470 g/mol. The van der Waals surface area contributed by atoms with E-state index in [0.29, 0.717) is 22.5 Å². The van der Waals surface area contributed by atoms with Gasteiger partial charge in [0.1, 0.15) is 11.9 Å². The van der Waals surface area contributed by atoms with Gasteiger partial charge >= 0.3 is 11.3 Å². The first-order valence-corrected chi connectivity index (χ1v) is 11.1. The molecule has 0 saturated heterocycles. The van der Waals surface area contributed by atoms with Crippen LogP contribution in [0.15, 0.2) is 50.4 Å². The van der Waals surface area contributed by atoms with Crippen LogP contribution in [0.2, 0.25) is 0 Å². The lowest BCUT2D eigenvalue weighted by atomic mass is 10.2. The average Bonchev–Trinajstić information content (AvgIpc) is 3.39. The summed E-state index contributed by atoms with van der Waals surface area (Å²) in [5.41, 5.74) is 1.72. The molecule has 0 saturated carbocycles. The summed E-state index contributed by atoms with van der Waals surface area (Å²) in [6.07, 6.45) is 7.13. The predicted molar refractivity (Wildman–Crippen MR) is 104 cm³/mol. The predicted octanol–water partition coefficient (Wildman–Crippen LogP) is 3.03. The Morgan fingerprint density at radius 3 is 2.87 bits per heavy atom. The molecule has 0 N–H and O–H groups in total. The van der Waals surface area contributed by atoms with Crippen molar-refractivity contribution in [2.24, 2.45) is 4.36 Å². The molecule has 4 aromatic heterocycles. The van der Waals surface area contributed by atoms with Gasteiger partial charge in [-0.25, -0.2) is 9.19 Å². The Labute approximate surface area is 178 Å². The molecule has 4 heterocycles. The van der Waals surface area contributed by atoms with Crippen LogP contribution in [0.5, 0.6) is 0 Å². The number of imidazole rings is 1. The van der Waals surface area contributed by atoms with Crippen LogP contribution in [0.4, 0.5) is 8.78 Å². The van der Waals surface area contributed by atoms with E-state index in [9.17, 15) is 17.8 Å². The van der Waals surface area contributed by atoms with E-state index in [0.717, 1.165) is 0 Å². The van der Waals surface area contributed by atoms with E-state index in [1.807, 2.05) is 0 Å². The zero-order valence-corrected chi connectivity index (χ0v) is 17.3. The van der Waals surface area contributed by atoms with E-state index in [4.69, 9.17) is 11.6 Å². The van der Waals surface area contributed by atoms with E-state index in [1.54, 1.807) is 22.9 Å². The first-order chi connectivity index (χ1) is 14.6. The molecule has 31 heavy (non-hydrogen) atoms. The molecule has 0 aliphatic heterocycles. The standard InChI is InChI=1S/C17H13ClF2N6O4S/c1-31(28,9-10-6-21-29-8-10)25-14(27)5-12-7-26-3-2-11(4-13(26)22-12)15-23-16(30-24-15)17(18,19)20/h2-4,6-8H,5,9H2,1H3. The third kappa shape index (κ3) is 4.94. The molecule has 1 amide bonds. The van der Waals surface area contributed by atoms with E-state index < -0.39 is 26.9 Å². The molecule has 0 bridgehead atoms. The zero-order chi connectivity index (χ0) is 22.2. The minimum absolute atomic E-state index is 0.0325. The quantitative estimate of drug-likeness (QED) is 0.393. The van der Waals surface area contributed by atoms with E-state index in [1.165, 1.54) is 24.8 Å². The highest BCUT2D eigenvalue weighted by Gasteiger charge is 2.35. The molecule has 162 valence electrons. The van der Waals surface area contributed by atoms with Gasteiger partial charge in [-0.2, -0.15) is 18.1 Å². The number of nitrogens with zero attached hydrogens (tertiary/aromatic N) is 6. The van der Waals surface area contributed by atoms with Gasteiger partial charge in [-0.15, -0.1) is 0 Å². The molecule has 4 aromatic rings. The van der Waals surface area contributed by atoms with Gasteiger partial charge in [0.2, 0.25) is 5.82 Å². The summed E-state index contributed by atoms with van der Waals surface area (Å²) in [7, 11) is -2.81. The average molecular weight is 471 g/mol. The van der Waals surface area contributed by atoms with Crippen LogP contribution in [0, 0.1) is 0 Å². The molecule has 1 atom stereocenters. The number of amides is 1. The maximum Gasteiger partial charge on any atom is 0.400 e. The van der Waals surface area contributed by atoms with Gasteiger partial charge in [0.05, 0.1) is 33.8 Å². The molecule has 0 aromatic carbocycles. The normalized spacial score (nSPS) is 13.9. The van der Waals surface area contributed by atoms with Crippen LogP contribution in [0.3, 0.4) is 0 Å². The number of carbonyl (C=O) groups is 1. The van der Waals surface area contributed by atoms with Crippen molar-refractivity contribution in [1.82, 2.24) is 24.7 Å². The summed E-state index contributed by atoms with van der Waals surface area (Å²) in [5.74, 6) is -1.67. The highest BCUT2D eigenvalue weighted by Crippen LogP contribution is 2.32. The lowest BCUT2D eigenvalue weighted by Gasteiger charge is -2.00. The lowest BCUT2D eigenvalue weighted by Crippen LogP contribution is -2.07. The molecule has 14 heteroatoms. The van der Waals surface area contributed by atoms with Crippen molar-refractivity contribution >= 4 is 32.9 Å². The van der Waals surface area contributed by atoms with Crippen molar-refractivity contribution < 1.29 is 26.8 Å². The Morgan fingerprint density at radius 2 is 2.19 bits per heavy atom. The number of rotatable bonds is 6. The largest absolute Gasteiger partial charge is 0.400 e. The fourth-order valence-electron chi connectivity index (χ4n) is 2.76. The van der Waals surface area contributed by atoms with Crippen LogP contribution in [0.25, 0.3) is 17.0 Å². The maximum absolute atomic E-state index is 13.1. The molecule has 0 aliphatic rings. The molecular formula is C17H13ClF2N6O4S. The SMILES string of the molecule is CS(=O)(Cc1cnoc1)=NC(=O)Cc1cn2ccc(-c3noc(C(F)(F)Cl)n3)cc2n1. The Balaban J connectivity index is 1.53. The minimum atomic E-state index is -3.77. The van der Waals surface area contributed by atoms with Gasteiger partial charge in [0.15, 0.2) is 0 Å². The van der Waals surface area contributed by atoms with Crippen molar-refractivity contribution in [3.63, 3.8) is 0 Å². The highest BCUT2D eigenvalue weighted by molar-refractivity contribution is 7.92. The summed E-state index contributed by atoms with van der Waals surface area (Å²) in [6.45, 7) is 0. The van der Waals surface area contributed by atoms with Crippen LogP contribution in [-0.4, -0.2) is 41.1 Å². The van der Waals surface area contributed by atoms with Gasteiger partial charge in [0, 0.05) is 29.8 Å². The van der Waals surface area contributed by atoms with Gasteiger partial charge in [-0.05, 0) is 23.7 Å². The topological polar surface area (TPSA) is 129 Å². The van der Waals surface area contributed by atoms with Crippen molar-refractivity contribution in [2.75, 3.05) is 6.26 Å². The summed E-state index contributed by atoms with van der Waals surface area (Å²) < 4.78 is 53.2. The van der Waals surface area contributed by atoms with Crippen molar-refractivity contribution in [2.45, 2.75) is 17.6 Å². The first-order valence-electron chi connectivity index (χ1n) is 8.59. The Bertz CT molecular complexity index is 1370. The van der Waals surface area contributed by atoms with Gasteiger partial charge in [0.25, 0.3) is 5.91 Å². The third-order valence-corrected chi connectivity index (χ3v) is 5.60. The number of fused-ring (bicyclic) bond motifs is 1. The smallest absolute Gasteiger partial charge is 0.364 e. The van der Waals surface area contributed by atoms with Crippen molar-refractivity contribution in [3.05, 3.63) is 54.1 Å². The number of halogens is 3. The molecular weight excluding hydrogens is 458 g/mol. The van der Waals surface area contributed by atoms with Crippen molar-refractivity contribution in [1.29, 1.82) is 0 Å². The van der Waals surface area contributed by atoms with E-state index >= 15 is 0 Å². The lowest BCUT2D eigenvalue weighted by molar-refractivity contribution is -0.117. The fraction of sp³-hybridized carbons (Fsp3) is 0.235. The number of hydrogen-bond acceptors (Lipinski definition) is 8. The second kappa shape index (κ2) is 7.81. The first kappa shape index (κ1) is 21.1. The third-order valence-electron chi connectivity index (χ3n) is 3.98. The van der Waals surface area contributed by atoms with E-state index in [2.05, 4.69) is 33.7 Å². The Morgan fingerprint density at radius 1 is 1.39 bits per heavy atom. The minimum Gasteiger partial charge on any atom is -0.364 e. The Hall–Kier alpha value is -3.19. The summed E-state index contributed by atoms with van der Waals surface area (Å²) >= 11 is 4.88. The Kier molecular flexibility index (Phi) is 5.31. The van der Waals surface area contributed by atoms with Gasteiger partial charge < -0.3 is 13.4 Å². The van der Waals surface area contributed by atoms with Crippen LogP contribution >= 0.6 is 11.6 Å². The zero-order valence-electron chi connectivity index (χ0n) is 15.7. The van der Waals surface area contributed by atoms with Gasteiger partial charge in [-0.3, -0.25) is 4.79 Å². The fourth-order valence-corrected chi connectivity index (χ4v) is 4.15. The maximum atomic E-state index is 13.1. The number of alkyl halides is 3. The molecule has 0 fully saturated rings. The van der Waals surface area contributed by atoms with Crippen LogP contribution in [0.1, 0.15) is 17.1 Å². The van der Waals surface area contributed by atoms with E-state index in [-0.39, 0.29) is 18.0 Å². The second-order valence-electron chi connectivity index (χ2n) is 6.63.